The van der Waals surface area contributed by atoms with Gasteiger partial charge < -0.3 is 4.90 Å². The second-order valence-electron chi connectivity index (χ2n) is 4.46. The molecular formula is C17H16ClNOS. The molecule has 4 heteroatoms. The van der Waals surface area contributed by atoms with Crippen LogP contribution in [-0.2, 0) is 0 Å². The Kier molecular flexibility index (Phi) is 5.37. The van der Waals surface area contributed by atoms with E-state index in [0.29, 0.717) is 23.0 Å². The fraction of sp³-hybridized carbons (Fsp3) is 0.118. The molecule has 2 rings (SSSR count). The molecule has 0 saturated carbocycles. The third-order valence-electron chi connectivity index (χ3n) is 2.91. The summed E-state index contributed by atoms with van der Waals surface area (Å²) in [7, 11) is 0. The molecule has 1 heterocycles. The summed E-state index contributed by atoms with van der Waals surface area (Å²) in [5, 5.41) is 0.689. The molecule has 108 valence electrons. The van der Waals surface area contributed by atoms with Crippen molar-refractivity contribution in [1.29, 1.82) is 0 Å². The maximum absolute atomic E-state index is 12.5. The zero-order valence-electron chi connectivity index (χ0n) is 11.6. The van der Waals surface area contributed by atoms with Crippen molar-refractivity contribution >= 4 is 28.8 Å². The van der Waals surface area contributed by atoms with Gasteiger partial charge in [0.2, 0.25) is 0 Å². The van der Waals surface area contributed by atoms with Gasteiger partial charge in [0.1, 0.15) is 0 Å². The number of rotatable bonds is 6. The van der Waals surface area contributed by atoms with Crippen LogP contribution in [0.4, 0.5) is 0 Å². The van der Waals surface area contributed by atoms with E-state index in [0.717, 1.165) is 10.4 Å². The first-order chi connectivity index (χ1) is 10.2. The number of nitrogens with zero attached hydrogens (tertiary/aromatic N) is 1. The molecule has 21 heavy (non-hydrogen) atoms. The van der Waals surface area contributed by atoms with Crippen LogP contribution in [0.1, 0.15) is 9.67 Å². The first-order valence-electron chi connectivity index (χ1n) is 6.52. The lowest BCUT2D eigenvalue weighted by Gasteiger charge is -2.18. The molecule has 0 bridgehead atoms. The molecule has 2 aromatic rings. The zero-order valence-corrected chi connectivity index (χ0v) is 13.2. The molecule has 0 N–H and O–H groups in total. The Morgan fingerprint density at radius 2 is 1.90 bits per heavy atom. The van der Waals surface area contributed by atoms with Crippen LogP contribution in [0.5, 0.6) is 0 Å². The first-order valence-corrected chi connectivity index (χ1v) is 7.72. The summed E-state index contributed by atoms with van der Waals surface area (Å²) in [4.78, 5) is 15.9. The minimum absolute atomic E-state index is 0.00641. The van der Waals surface area contributed by atoms with E-state index in [1.54, 1.807) is 17.1 Å². The van der Waals surface area contributed by atoms with Crippen molar-refractivity contribution in [2.45, 2.75) is 0 Å². The van der Waals surface area contributed by atoms with Crippen LogP contribution >= 0.6 is 22.9 Å². The molecule has 1 aromatic carbocycles. The molecule has 0 unspecified atom stereocenters. The normalized spacial score (nSPS) is 10.1. The lowest BCUT2D eigenvalue weighted by Crippen LogP contribution is -2.30. The van der Waals surface area contributed by atoms with Crippen molar-refractivity contribution < 1.29 is 4.79 Å². The van der Waals surface area contributed by atoms with Crippen molar-refractivity contribution in [1.82, 2.24) is 4.90 Å². The highest BCUT2D eigenvalue weighted by Gasteiger charge is 2.16. The van der Waals surface area contributed by atoms with Crippen LogP contribution in [0.25, 0.3) is 10.4 Å². The van der Waals surface area contributed by atoms with Gasteiger partial charge in [-0.25, -0.2) is 0 Å². The average Bonchev–Trinajstić information content (AvgIpc) is 2.96. The largest absolute Gasteiger partial charge is 0.331 e. The molecule has 0 saturated heterocycles. The topological polar surface area (TPSA) is 20.3 Å². The molecule has 1 amide bonds. The summed E-state index contributed by atoms with van der Waals surface area (Å²) in [6, 6.07) is 11.4. The number of amides is 1. The van der Waals surface area contributed by atoms with Gasteiger partial charge in [-0.2, -0.15) is 0 Å². The van der Waals surface area contributed by atoms with Crippen LogP contribution in [0, 0.1) is 0 Å². The summed E-state index contributed by atoms with van der Waals surface area (Å²) >= 11 is 7.47. The Bertz CT molecular complexity index is 652. The van der Waals surface area contributed by atoms with E-state index < -0.39 is 0 Å². The van der Waals surface area contributed by atoms with Crippen LogP contribution in [0.3, 0.4) is 0 Å². The predicted molar refractivity (Wildman–Crippen MR) is 91.1 cm³/mol. The SMILES string of the molecule is C=CCN(CC=C)C(=O)c1ccc(-c2cccc(Cl)c2)s1. The molecular weight excluding hydrogens is 302 g/mol. The molecule has 0 spiro atoms. The van der Waals surface area contributed by atoms with Crippen molar-refractivity contribution in [3.63, 3.8) is 0 Å². The lowest BCUT2D eigenvalue weighted by molar-refractivity contribution is 0.0795. The first kappa shape index (κ1) is 15.5. The van der Waals surface area contributed by atoms with Gasteiger partial charge in [0.25, 0.3) is 5.91 Å². The Hall–Kier alpha value is -1.84. The third kappa shape index (κ3) is 3.84. The molecule has 0 radical (unpaired) electrons. The Balaban J connectivity index is 2.24. The van der Waals surface area contributed by atoms with E-state index in [1.807, 2.05) is 36.4 Å². The molecule has 2 nitrogen and oxygen atoms in total. The van der Waals surface area contributed by atoms with Gasteiger partial charge in [0.15, 0.2) is 0 Å². The maximum Gasteiger partial charge on any atom is 0.264 e. The molecule has 0 fully saturated rings. The zero-order chi connectivity index (χ0) is 15.2. The van der Waals surface area contributed by atoms with Gasteiger partial charge in [-0.1, -0.05) is 35.9 Å². The fourth-order valence-corrected chi connectivity index (χ4v) is 3.12. The predicted octanol–water partition coefficient (Wildman–Crippen LogP) is 4.88. The summed E-state index contributed by atoms with van der Waals surface area (Å²) in [6.45, 7) is 8.38. The van der Waals surface area contributed by atoms with E-state index in [1.165, 1.54) is 11.3 Å². The summed E-state index contributed by atoms with van der Waals surface area (Å²) < 4.78 is 0. The Labute approximate surface area is 134 Å². The standard InChI is InChI=1S/C17H16ClNOS/c1-3-10-19(11-4-2)17(20)16-9-8-15(21-16)13-6-5-7-14(18)12-13/h3-9,12H,1-2,10-11H2. The van der Waals surface area contributed by atoms with Crippen molar-refractivity contribution in [3.8, 4) is 10.4 Å². The number of carbonyl (C=O) groups is 1. The fourth-order valence-electron chi connectivity index (χ4n) is 1.96. The van der Waals surface area contributed by atoms with Crippen LogP contribution < -0.4 is 0 Å². The van der Waals surface area contributed by atoms with E-state index >= 15 is 0 Å². The van der Waals surface area contributed by atoms with E-state index in [4.69, 9.17) is 11.6 Å². The van der Waals surface area contributed by atoms with Gasteiger partial charge in [0.05, 0.1) is 4.88 Å². The minimum atomic E-state index is -0.00641. The minimum Gasteiger partial charge on any atom is -0.331 e. The molecule has 0 aliphatic carbocycles. The smallest absolute Gasteiger partial charge is 0.264 e. The van der Waals surface area contributed by atoms with Crippen molar-refractivity contribution in [2.24, 2.45) is 0 Å². The maximum atomic E-state index is 12.5. The van der Waals surface area contributed by atoms with Gasteiger partial charge in [-0.15, -0.1) is 24.5 Å². The van der Waals surface area contributed by atoms with Crippen molar-refractivity contribution in [3.05, 3.63) is 71.6 Å². The Morgan fingerprint density at radius 1 is 1.19 bits per heavy atom. The summed E-state index contributed by atoms with van der Waals surface area (Å²) in [6.07, 6.45) is 3.43. The average molecular weight is 318 g/mol. The summed E-state index contributed by atoms with van der Waals surface area (Å²) in [5.74, 6) is -0.00641. The van der Waals surface area contributed by atoms with E-state index in [2.05, 4.69) is 13.2 Å². The van der Waals surface area contributed by atoms with Crippen LogP contribution in [0.2, 0.25) is 5.02 Å². The molecule has 1 aromatic heterocycles. The van der Waals surface area contributed by atoms with Gasteiger partial charge in [-0.3, -0.25) is 4.79 Å². The quantitative estimate of drug-likeness (QED) is 0.695. The van der Waals surface area contributed by atoms with Crippen LogP contribution in [-0.4, -0.2) is 23.9 Å². The highest BCUT2D eigenvalue weighted by Crippen LogP contribution is 2.30. The molecule has 0 aliphatic rings. The molecule has 0 aliphatic heterocycles. The Morgan fingerprint density at radius 3 is 2.52 bits per heavy atom. The number of hydrogen-bond donors (Lipinski definition) is 0. The number of thiophene rings is 1. The van der Waals surface area contributed by atoms with Crippen LogP contribution in [0.15, 0.2) is 61.7 Å². The number of hydrogen-bond acceptors (Lipinski definition) is 2. The second-order valence-corrected chi connectivity index (χ2v) is 5.98. The van der Waals surface area contributed by atoms with Gasteiger partial charge in [0, 0.05) is 23.0 Å². The van der Waals surface area contributed by atoms with Gasteiger partial charge >= 0.3 is 0 Å². The third-order valence-corrected chi connectivity index (χ3v) is 4.27. The number of benzene rings is 1. The highest BCUT2D eigenvalue weighted by molar-refractivity contribution is 7.17. The van der Waals surface area contributed by atoms with E-state index in [9.17, 15) is 4.79 Å². The van der Waals surface area contributed by atoms with E-state index in [-0.39, 0.29) is 5.91 Å². The monoisotopic (exact) mass is 317 g/mol. The summed E-state index contributed by atoms with van der Waals surface area (Å²) in [5.41, 5.74) is 1.02. The number of carbonyl (C=O) groups excluding carboxylic acids is 1. The lowest BCUT2D eigenvalue weighted by atomic mass is 10.2. The second kappa shape index (κ2) is 7.25. The van der Waals surface area contributed by atoms with Crippen molar-refractivity contribution in [2.75, 3.05) is 13.1 Å². The number of halogens is 1. The molecule has 0 atom stereocenters. The van der Waals surface area contributed by atoms with Gasteiger partial charge in [-0.05, 0) is 29.8 Å². The highest BCUT2D eigenvalue weighted by atomic mass is 35.5.